The Hall–Kier alpha value is -2.30. The van der Waals surface area contributed by atoms with E-state index < -0.39 is 36.0 Å². The highest BCUT2D eigenvalue weighted by atomic mass is 19.4. The first kappa shape index (κ1) is 23.7. The van der Waals surface area contributed by atoms with Crippen LogP contribution in [0.3, 0.4) is 0 Å². The molecule has 1 rings (SSSR count). The van der Waals surface area contributed by atoms with Crippen molar-refractivity contribution in [1.29, 1.82) is 0 Å². The summed E-state index contributed by atoms with van der Waals surface area (Å²) in [5.74, 6) is -1.19. The van der Waals surface area contributed by atoms with Gasteiger partial charge in [0.15, 0.2) is 5.69 Å². The molecule has 1 unspecified atom stereocenters. The summed E-state index contributed by atoms with van der Waals surface area (Å²) >= 11 is 0. The number of hydrogen-bond acceptors (Lipinski definition) is 5. The zero-order valence-corrected chi connectivity index (χ0v) is 16.4. The molecular formula is C17H27F3N4O4. The fourth-order valence-electron chi connectivity index (χ4n) is 2.54. The van der Waals surface area contributed by atoms with Crippen LogP contribution in [-0.2, 0) is 16.1 Å². The van der Waals surface area contributed by atoms with Gasteiger partial charge in [-0.2, -0.15) is 13.2 Å². The lowest BCUT2D eigenvalue weighted by Gasteiger charge is -2.28. The molecule has 0 bridgehead atoms. The third-order valence-electron chi connectivity index (χ3n) is 3.88. The number of alkyl halides is 3. The molecule has 0 aliphatic rings. The molecule has 0 aliphatic heterocycles. The Labute approximate surface area is 160 Å². The molecule has 0 saturated heterocycles. The minimum absolute atomic E-state index is 0.0117. The van der Waals surface area contributed by atoms with Crippen molar-refractivity contribution in [2.45, 2.75) is 59.4 Å². The van der Waals surface area contributed by atoms with Crippen molar-refractivity contribution in [3.8, 4) is 0 Å². The van der Waals surface area contributed by atoms with Gasteiger partial charge < -0.3 is 15.4 Å². The number of anilines is 2. The van der Waals surface area contributed by atoms with Crippen molar-refractivity contribution in [3.63, 3.8) is 0 Å². The van der Waals surface area contributed by atoms with Crippen molar-refractivity contribution in [2.75, 3.05) is 23.8 Å². The highest BCUT2D eigenvalue weighted by molar-refractivity contribution is 5.98. The second kappa shape index (κ2) is 9.76. The van der Waals surface area contributed by atoms with E-state index in [0.717, 1.165) is 15.9 Å². The monoisotopic (exact) mass is 408 g/mol. The van der Waals surface area contributed by atoms with Crippen LogP contribution in [-0.4, -0.2) is 40.9 Å². The number of unbranched alkanes of at least 4 members (excludes halogenated alkanes) is 1. The minimum atomic E-state index is -4.60. The third-order valence-corrected chi connectivity index (χ3v) is 3.88. The van der Waals surface area contributed by atoms with E-state index in [4.69, 9.17) is 5.73 Å². The van der Waals surface area contributed by atoms with Gasteiger partial charge in [-0.05, 0) is 19.3 Å². The first-order chi connectivity index (χ1) is 12.9. The number of halogens is 3. The molecule has 0 aromatic carbocycles. The number of nitrogens with two attached hydrogens (primary N) is 1. The lowest BCUT2D eigenvalue weighted by Crippen LogP contribution is -2.47. The zero-order chi connectivity index (χ0) is 21.6. The van der Waals surface area contributed by atoms with Crippen LogP contribution in [0.4, 0.5) is 24.7 Å². The fraction of sp³-hybridized carbons (Fsp3) is 0.706. The number of ether oxygens (including phenoxy) is 1. The molecule has 1 atom stereocenters. The second-order valence-electron chi connectivity index (χ2n) is 6.91. The predicted molar refractivity (Wildman–Crippen MR) is 99.3 cm³/mol. The molecular weight excluding hydrogens is 381 g/mol. The number of nitrogens with one attached hydrogen (secondary N) is 1. The van der Waals surface area contributed by atoms with Gasteiger partial charge in [0.1, 0.15) is 18.5 Å². The van der Waals surface area contributed by atoms with Gasteiger partial charge in [-0.3, -0.25) is 19.1 Å². The average Bonchev–Trinajstić information content (AvgIpc) is 2.56. The number of aromatic nitrogens is 2. The number of hydrogen-bond donors (Lipinski definition) is 2. The van der Waals surface area contributed by atoms with Gasteiger partial charge >= 0.3 is 11.9 Å². The maximum absolute atomic E-state index is 12.7. The Bertz CT molecular complexity index is 786. The predicted octanol–water partition coefficient (Wildman–Crippen LogP) is 1.88. The Morgan fingerprint density at radius 1 is 1.29 bits per heavy atom. The van der Waals surface area contributed by atoms with Gasteiger partial charge in [0.05, 0.1) is 0 Å². The maximum atomic E-state index is 12.7. The molecule has 11 heteroatoms. The molecule has 0 radical (unpaired) electrons. The van der Waals surface area contributed by atoms with Gasteiger partial charge in [0.25, 0.3) is 11.5 Å². The van der Waals surface area contributed by atoms with Crippen LogP contribution in [0.1, 0.15) is 40.5 Å². The number of aromatic amines is 1. The van der Waals surface area contributed by atoms with Gasteiger partial charge in [-0.15, -0.1) is 0 Å². The van der Waals surface area contributed by atoms with Crippen molar-refractivity contribution in [3.05, 3.63) is 20.8 Å². The Morgan fingerprint density at radius 2 is 1.89 bits per heavy atom. The van der Waals surface area contributed by atoms with Crippen LogP contribution < -0.4 is 21.9 Å². The van der Waals surface area contributed by atoms with E-state index in [1.54, 1.807) is 13.8 Å². The number of nitrogen functional groups attached to an aromatic ring is 1. The summed E-state index contributed by atoms with van der Waals surface area (Å²) in [6.45, 7) is 5.24. The Balaban J connectivity index is 3.35. The van der Waals surface area contributed by atoms with E-state index >= 15 is 0 Å². The van der Waals surface area contributed by atoms with Crippen molar-refractivity contribution >= 4 is 17.4 Å². The summed E-state index contributed by atoms with van der Waals surface area (Å²) in [7, 11) is 0. The molecule has 3 N–H and O–H groups in total. The van der Waals surface area contributed by atoms with Crippen molar-refractivity contribution in [2.24, 2.45) is 5.92 Å². The van der Waals surface area contributed by atoms with Crippen molar-refractivity contribution < 1.29 is 22.7 Å². The largest absolute Gasteiger partial charge is 0.411 e. The van der Waals surface area contributed by atoms with E-state index in [9.17, 15) is 27.6 Å². The lowest BCUT2D eigenvalue weighted by molar-refractivity contribution is -0.185. The smallest absolute Gasteiger partial charge is 0.383 e. The van der Waals surface area contributed by atoms with Crippen LogP contribution in [0.2, 0.25) is 0 Å². The second-order valence-corrected chi connectivity index (χ2v) is 6.91. The summed E-state index contributed by atoms with van der Waals surface area (Å²) in [6.07, 6.45) is -4.69. The van der Waals surface area contributed by atoms with Crippen LogP contribution in [0.15, 0.2) is 9.59 Å². The van der Waals surface area contributed by atoms with Gasteiger partial charge in [0.2, 0.25) is 0 Å². The molecule has 0 spiro atoms. The number of carbonyl (C=O) groups is 1. The molecule has 0 saturated carbocycles. The van der Waals surface area contributed by atoms with Gasteiger partial charge in [-0.25, -0.2) is 4.79 Å². The van der Waals surface area contributed by atoms with Crippen molar-refractivity contribution in [1.82, 2.24) is 9.55 Å². The molecule has 1 heterocycles. The molecule has 8 nitrogen and oxygen atoms in total. The van der Waals surface area contributed by atoms with E-state index in [1.165, 1.54) is 6.92 Å². The number of H-pyrrole nitrogens is 1. The molecule has 0 aliphatic carbocycles. The van der Waals surface area contributed by atoms with E-state index in [1.807, 2.05) is 6.92 Å². The zero-order valence-electron chi connectivity index (χ0n) is 16.4. The summed E-state index contributed by atoms with van der Waals surface area (Å²) in [5, 5.41) is 0. The summed E-state index contributed by atoms with van der Waals surface area (Å²) in [6, 6.07) is 0. The number of amides is 1. The molecule has 1 aromatic heterocycles. The highest BCUT2D eigenvalue weighted by Gasteiger charge is 2.33. The standard InChI is InChI=1S/C17H27F3N4O4/c1-5-6-7-23-13(21)12(14(25)22-16(23)27)24(8-10(2)3)15(26)11(4)28-9-17(18,19)20/h10-11H,5-9,21H2,1-4H3,(H,22,25,27). The van der Waals surface area contributed by atoms with E-state index in [0.29, 0.717) is 6.42 Å². The Kier molecular flexibility index (Phi) is 8.28. The normalized spacial score (nSPS) is 13.0. The van der Waals surface area contributed by atoms with Crippen LogP contribution in [0.25, 0.3) is 0 Å². The SMILES string of the molecule is CCCCn1c(N)c(N(CC(C)C)C(=O)C(C)OCC(F)(F)F)c(=O)[nH]c1=O. The molecule has 160 valence electrons. The number of rotatable bonds is 9. The fourth-order valence-corrected chi connectivity index (χ4v) is 2.54. The Morgan fingerprint density at radius 3 is 2.39 bits per heavy atom. The van der Waals surface area contributed by atoms with Gasteiger partial charge in [0, 0.05) is 13.1 Å². The topological polar surface area (TPSA) is 110 Å². The van der Waals surface area contributed by atoms with E-state index in [-0.39, 0.29) is 30.5 Å². The summed E-state index contributed by atoms with van der Waals surface area (Å²) < 4.78 is 42.9. The molecule has 0 fully saturated rings. The minimum Gasteiger partial charge on any atom is -0.383 e. The average molecular weight is 408 g/mol. The molecule has 1 aromatic rings. The van der Waals surface area contributed by atoms with Crippen LogP contribution in [0, 0.1) is 5.92 Å². The summed E-state index contributed by atoms with van der Waals surface area (Å²) in [5.41, 5.74) is 4.15. The van der Waals surface area contributed by atoms with Gasteiger partial charge in [-0.1, -0.05) is 27.2 Å². The number of carbonyl (C=O) groups excluding carboxylic acids is 1. The number of nitrogens with zero attached hydrogens (tertiary/aromatic N) is 2. The maximum Gasteiger partial charge on any atom is 0.411 e. The van der Waals surface area contributed by atoms with E-state index in [2.05, 4.69) is 9.72 Å². The first-order valence-electron chi connectivity index (χ1n) is 9.01. The quantitative estimate of drug-likeness (QED) is 0.648. The molecule has 28 heavy (non-hydrogen) atoms. The van der Waals surface area contributed by atoms with Crippen LogP contribution >= 0.6 is 0 Å². The summed E-state index contributed by atoms with van der Waals surface area (Å²) in [4.78, 5) is 40.3. The first-order valence-corrected chi connectivity index (χ1v) is 9.01. The lowest BCUT2D eigenvalue weighted by atomic mass is 10.1. The van der Waals surface area contributed by atoms with Crippen LogP contribution in [0.5, 0.6) is 0 Å². The highest BCUT2D eigenvalue weighted by Crippen LogP contribution is 2.21. The molecule has 1 amide bonds. The third kappa shape index (κ3) is 6.39.